The Hall–Kier alpha value is -2.45. The van der Waals surface area contributed by atoms with Crippen LogP contribution in [0.1, 0.15) is 47.8 Å². The number of rotatable bonds is 2. The molecular formula is C18H22N4O4. The molecule has 0 aromatic heterocycles. The van der Waals surface area contributed by atoms with E-state index >= 15 is 0 Å². The molecule has 2 unspecified atom stereocenters. The summed E-state index contributed by atoms with van der Waals surface area (Å²) in [7, 11) is 0. The van der Waals surface area contributed by atoms with Gasteiger partial charge >= 0.3 is 0 Å². The van der Waals surface area contributed by atoms with Crippen molar-refractivity contribution in [3.63, 3.8) is 0 Å². The lowest BCUT2D eigenvalue weighted by atomic mass is 10.0. The van der Waals surface area contributed by atoms with Crippen LogP contribution in [0, 0.1) is 0 Å². The zero-order valence-corrected chi connectivity index (χ0v) is 14.4. The van der Waals surface area contributed by atoms with Gasteiger partial charge in [0.2, 0.25) is 11.8 Å². The van der Waals surface area contributed by atoms with Crippen LogP contribution in [0.5, 0.6) is 0 Å². The van der Waals surface area contributed by atoms with E-state index in [-0.39, 0.29) is 30.7 Å². The Morgan fingerprint density at radius 1 is 1.12 bits per heavy atom. The number of carbonyl (C=O) groups is 3. The minimum atomic E-state index is -1.19. The number of benzene rings is 1. The van der Waals surface area contributed by atoms with Gasteiger partial charge in [-0.3, -0.25) is 24.6 Å². The van der Waals surface area contributed by atoms with Gasteiger partial charge in [-0.15, -0.1) is 0 Å². The highest BCUT2D eigenvalue weighted by Gasteiger charge is 2.44. The monoisotopic (exact) mass is 358 g/mol. The molecule has 26 heavy (non-hydrogen) atoms. The molecule has 2 fully saturated rings. The Balaban J connectivity index is 1.59. The SMILES string of the molecule is NC1CCN(c2ccc3c(c2)C(O)N(C2CCC(=O)NC2=O)C3=O)CC1. The molecule has 1 aromatic carbocycles. The van der Waals surface area contributed by atoms with Crippen molar-refractivity contribution in [3.8, 4) is 0 Å². The molecule has 0 radical (unpaired) electrons. The number of nitrogens with one attached hydrogen (secondary N) is 1. The Morgan fingerprint density at radius 2 is 1.85 bits per heavy atom. The third-order valence-corrected chi connectivity index (χ3v) is 5.49. The fraction of sp³-hybridized carbons (Fsp3) is 0.500. The van der Waals surface area contributed by atoms with Crippen molar-refractivity contribution in [3.05, 3.63) is 29.3 Å². The Morgan fingerprint density at radius 3 is 2.54 bits per heavy atom. The standard InChI is InChI=1S/C18H22N4O4/c19-10-5-7-21(8-6-10)11-1-2-12-13(9-11)18(26)22(17(12)25)14-3-4-15(23)20-16(14)24/h1-2,9-10,14,18,26H,3-8,19H2,(H,20,23,24). The van der Waals surface area contributed by atoms with Gasteiger partial charge in [0, 0.05) is 42.4 Å². The first-order valence-corrected chi connectivity index (χ1v) is 8.94. The van der Waals surface area contributed by atoms with E-state index in [1.807, 2.05) is 12.1 Å². The zero-order valence-electron chi connectivity index (χ0n) is 14.4. The van der Waals surface area contributed by atoms with Gasteiger partial charge in [0.05, 0.1) is 0 Å². The van der Waals surface area contributed by atoms with Gasteiger partial charge in [0.25, 0.3) is 5.91 Å². The molecule has 138 valence electrons. The summed E-state index contributed by atoms with van der Waals surface area (Å²) in [5, 5.41) is 13.0. The van der Waals surface area contributed by atoms with Gasteiger partial charge in [0.15, 0.2) is 6.23 Å². The van der Waals surface area contributed by atoms with E-state index in [4.69, 9.17) is 5.73 Å². The fourth-order valence-electron chi connectivity index (χ4n) is 3.97. The largest absolute Gasteiger partial charge is 0.371 e. The molecule has 8 nitrogen and oxygen atoms in total. The molecule has 2 atom stereocenters. The second kappa shape index (κ2) is 6.37. The lowest BCUT2D eigenvalue weighted by Gasteiger charge is -2.33. The molecule has 4 N–H and O–H groups in total. The Bertz CT molecular complexity index is 772. The van der Waals surface area contributed by atoms with Crippen molar-refractivity contribution in [2.75, 3.05) is 18.0 Å². The second-order valence-electron chi connectivity index (χ2n) is 7.15. The topological polar surface area (TPSA) is 116 Å². The second-order valence-corrected chi connectivity index (χ2v) is 7.15. The van der Waals surface area contributed by atoms with E-state index in [0.717, 1.165) is 31.6 Å². The fourth-order valence-corrected chi connectivity index (χ4v) is 3.97. The molecule has 0 aliphatic carbocycles. The minimum Gasteiger partial charge on any atom is -0.371 e. The van der Waals surface area contributed by atoms with E-state index < -0.39 is 18.2 Å². The normalized spacial score (nSPS) is 26.9. The van der Waals surface area contributed by atoms with Crippen molar-refractivity contribution in [1.82, 2.24) is 10.2 Å². The molecule has 2 saturated heterocycles. The van der Waals surface area contributed by atoms with Gasteiger partial charge in [-0.2, -0.15) is 0 Å². The number of nitrogens with two attached hydrogens (primary N) is 1. The van der Waals surface area contributed by atoms with Gasteiger partial charge in [0.1, 0.15) is 6.04 Å². The third kappa shape index (κ3) is 2.75. The summed E-state index contributed by atoms with van der Waals surface area (Å²) in [5.41, 5.74) is 7.80. The van der Waals surface area contributed by atoms with Gasteiger partial charge in [-0.1, -0.05) is 0 Å². The van der Waals surface area contributed by atoms with Gasteiger partial charge < -0.3 is 15.7 Å². The number of nitrogens with zero attached hydrogens (tertiary/aromatic N) is 2. The number of aliphatic hydroxyl groups excluding tert-OH is 1. The summed E-state index contributed by atoms with van der Waals surface area (Å²) in [4.78, 5) is 39.6. The van der Waals surface area contributed by atoms with Crippen LogP contribution in [0.15, 0.2) is 18.2 Å². The Labute approximate surface area is 150 Å². The van der Waals surface area contributed by atoms with E-state index in [2.05, 4.69) is 10.2 Å². The maximum Gasteiger partial charge on any atom is 0.257 e. The van der Waals surface area contributed by atoms with Crippen LogP contribution in [0.2, 0.25) is 0 Å². The Kier molecular flexibility index (Phi) is 4.16. The molecule has 8 heteroatoms. The summed E-state index contributed by atoms with van der Waals surface area (Å²) in [6, 6.07) is 4.78. The van der Waals surface area contributed by atoms with E-state index in [1.54, 1.807) is 6.07 Å². The lowest BCUT2D eigenvalue weighted by Crippen LogP contribution is -2.53. The van der Waals surface area contributed by atoms with Crippen molar-refractivity contribution >= 4 is 23.4 Å². The first kappa shape index (κ1) is 17.0. The first-order chi connectivity index (χ1) is 12.5. The molecule has 3 amide bonds. The number of fused-ring (bicyclic) bond motifs is 1. The molecule has 0 saturated carbocycles. The minimum absolute atomic E-state index is 0.155. The van der Waals surface area contributed by atoms with Crippen LogP contribution in [-0.4, -0.2) is 52.9 Å². The molecule has 0 spiro atoms. The predicted molar refractivity (Wildman–Crippen MR) is 93.2 cm³/mol. The highest BCUT2D eigenvalue weighted by molar-refractivity contribution is 6.05. The van der Waals surface area contributed by atoms with Crippen LogP contribution in [0.25, 0.3) is 0 Å². The molecule has 4 rings (SSSR count). The average molecular weight is 358 g/mol. The van der Waals surface area contributed by atoms with E-state index in [1.165, 1.54) is 4.90 Å². The molecule has 3 heterocycles. The van der Waals surface area contributed by atoms with Crippen LogP contribution >= 0.6 is 0 Å². The predicted octanol–water partition coefficient (Wildman–Crippen LogP) is -0.134. The number of imide groups is 1. The van der Waals surface area contributed by atoms with Gasteiger partial charge in [-0.25, -0.2) is 0 Å². The average Bonchev–Trinajstić information content (AvgIpc) is 2.87. The first-order valence-electron chi connectivity index (χ1n) is 8.94. The third-order valence-electron chi connectivity index (χ3n) is 5.49. The van der Waals surface area contributed by atoms with Crippen LogP contribution in [-0.2, 0) is 9.59 Å². The van der Waals surface area contributed by atoms with Crippen LogP contribution in [0.4, 0.5) is 5.69 Å². The van der Waals surface area contributed by atoms with Crippen molar-refractivity contribution in [2.45, 2.75) is 44.0 Å². The number of hydrogen-bond acceptors (Lipinski definition) is 6. The maximum absolute atomic E-state index is 12.7. The maximum atomic E-state index is 12.7. The van der Waals surface area contributed by atoms with Crippen molar-refractivity contribution in [1.29, 1.82) is 0 Å². The summed E-state index contributed by atoms with van der Waals surface area (Å²) in [5.74, 6) is -1.27. The lowest BCUT2D eigenvalue weighted by molar-refractivity contribution is -0.139. The highest BCUT2D eigenvalue weighted by atomic mass is 16.3. The smallest absolute Gasteiger partial charge is 0.257 e. The molecule has 0 bridgehead atoms. The van der Waals surface area contributed by atoms with Gasteiger partial charge in [-0.05, 0) is 37.5 Å². The number of carbonyl (C=O) groups excluding carboxylic acids is 3. The highest BCUT2D eigenvalue weighted by Crippen LogP contribution is 2.37. The molecular weight excluding hydrogens is 336 g/mol. The summed E-state index contributed by atoms with van der Waals surface area (Å²) in [6.07, 6.45) is 0.997. The van der Waals surface area contributed by atoms with E-state index in [9.17, 15) is 19.5 Å². The summed E-state index contributed by atoms with van der Waals surface area (Å²) < 4.78 is 0. The molecule has 3 aliphatic rings. The number of amides is 3. The number of hydrogen-bond donors (Lipinski definition) is 3. The van der Waals surface area contributed by atoms with Crippen LogP contribution in [0.3, 0.4) is 0 Å². The molecule has 1 aromatic rings. The number of aliphatic hydroxyl groups is 1. The quantitative estimate of drug-likeness (QED) is 0.634. The van der Waals surface area contributed by atoms with Crippen molar-refractivity contribution in [2.24, 2.45) is 5.73 Å². The number of anilines is 1. The summed E-state index contributed by atoms with van der Waals surface area (Å²) in [6.45, 7) is 1.67. The summed E-state index contributed by atoms with van der Waals surface area (Å²) >= 11 is 0. The van der Waals surface area contributed by atoms with E-state index in [0.29, 0.717) is 11.1 Å². The van der Waals surface area contributed by atoms with Crippen LogP contribution < -0.4 is 16.0 Å². The van der Waals surface area contributed by atoms with Crippen molar-refractivity contribution < 1.29 is 19.5 Å². The molecule has 3 aliphatic heterocycles. The number of piperidine rings is 2. The zero-order chi connectivity index (χ0) is 18.4.